The molecule has 0 amide bonds. The number of para-hydroxylation sites is 1. The number of sulfonamides is 1. The van der Waals surface area contributed by atoms with Crippen LogP contribution < -0.4 is 14.2 Å². The van der Waals surface area contributed by atoms with E-state index in [1.165, 1.54) is 32.8 Å². The number of amidine groups is 1. The van der Waals surface area contributed by atoms with Crippen LogP contribution in [-0.4, -0.2) is 86.6 Å². The summed E-state index contributed by atoms with van der Waals surface area (Å²) in [5.74, 6) is 1.13. The largest absolute Gasteiger partial charge is 0.494 e. The molecule has 0 saturated carbocycles. The van der Waals surface area contributed by atoms with Crippen LogP contribution in [0.2, 0.25) is 0 Å². The highest BCUT2D eigenvalue weighted by Crippen LogP contribution is 2.38. The molecule has 0 unspecified atom stereocenters. The Morgan fingerprint density at radius 2 is 1.91 bits per heavy atom. The van der Waals surface area contributed by atoms with Crippen LogP contribution in [0.15, 0.2) is 70.1 Å². The summed E-state index contributed by atoms with van der Waals surface area (Å²) in [4.78, 5) is 12.7. The number of hydrogen-bond acceptors (Lipinski definition) is 10. The smallest absolute Gasteiger partial charge is 0.243 e. The molecule has 3 aromatic rings. The predicted octanol–water partition coefficient (Wildman–Crippen LogP) is 4.15. The van der Waals surface area contributed by atoms with Crippen molar-refractivity contribution >= 4 is 28.5 Å². The summed E-state index contributed by atoms with van der Waals surface area (Å²) in [7, 11) is 0.198. The maximum Gasteiger partial charge on any atom is 0.243 e. The van der Waals surface area contributed by atoms with Gasteiger partial charge >= 0.3 is 0 Å². The third kappa shape index (κ3) is 7.04. The summed E-state index contributed by atoms with van der Waals surface area (Å²) in [6.07, 6.45) is 6.64. The average molecular weight is 624 g/mol. The van der Waals surface area contributed by atoms with Gasteiger partial charge in [-0.2, -0.15) is 0 Å². The molecule has 13 nitrogen and oxygen atoms in total. The molecule has 0 radical (unpaired) electrons. The summed E-state index contributed by atoms with van der Waals surface area (Å²) >= 11 is 0. The molecule has 2 aromatic heterocycles. The summed E-state index contributed by atoms with van der Waals surface area (Å²) in [5, 5.41) is 7.39. The van der Waals surface area contributed by atoms with E-state index in [1.807, 2.05) is 26.0 Å². The second-order valence-corrected chi connectivity index (χ2v) is 12.0. The van der Waals surface area contributed by atoms with Crippen molar-refractivity contribution in [3.63, 3.8) is 0 Å². The average Bonchev–Trinajstić information content (AvgIpc) is 3.44. The minimum absolute atomic E-state index is 0.0988. The second-order valence-electron chi connectivity index (χ2n) is 9.97. The number of nitrogens with zero attached hydrogens (tertiary/aromatic N) is 6. The molecule has 234 valence electrons. The number of aliphatic imine (C=N–C) groups is 2. The molecule has 44 heavy (non-hydrogen) atoms. The maximum atomic E-state index is 13.9. The van der Waals surface area contributed by atoms with Crippen molar-refractivity contribution in [3.8, 4) is 28.6 Å². The molecular weight excluding hydrogens is 586 g/mol. The van der Waals surface area contributed by atoms with E-state index in [9.17, 15) is 8.42 Å². The molecule has 1 N–H and O–H groups in total. The van der Waals surface area contributed by atoms with Crippen molar-refractivity contribution in [1.29, 1.82) is 0 Å². The first-order chi connectivity index (χ1) is 21.1. The zero-order chi connectivity index (χ0) is 31.9. The lowest BCUT2D eigenvalue weighted by Crippen LogP contribution is -2.41. The van der Waals surface area contributed by atoms with Crippen molar-refractivity contribution in [2.75, 3.05) is 39.3 Å². The molecule has 0 aliphatic carbocycles. The van der Waals surface area contributed by atoms with Gasteiger partial charge in [0.25, 0.3) is 0 Å². The number of rotatable bonds is 12. The van der Waals surface area contributed by atoms with Crippen LogP contribution in [0.5, 0.6) is 11.5 Å². The van der Waals surface area contributed by atoms with Crippen molar-refractivity contribution in [1.82, 2.24) is 19.7 Å². The molecule has 0 saturated heterocycles. The van der Waals surface area contributed by atoms with Crippen LogP contribution in [0.1, 0.15) is 25.8 Å². The van der Waals surface area contributed by atoms with Gasteiger partial charge in [0.1, 0.15) is 28.5 Å². The van der Waals surface area contributed by atoms with E-state index in [0.717, 1.165) is 23.1 Å². The number of anilines is 1. The molecule has 0 fully saturated rings. The van der Waals surface area contributed by atoms with Gasteiger partial charge in [-0.15, -0.1) is 10.2 Å². The van der Waals surface area contributed by atoms with Gasteiger partial charge in [-0.25, -0.2) is 18.4 Å². The van der Waals surface area contributed by atoms with E-state index in [-0.39, 0.29) is 11.8 Å². The molecule has 0 bridgehead atoms. The van der Waals surface area contributed by atoms with Crippen LogP contribution in [0, 0.1) is 6.92 Å². The normalized spacial score (nSPS) is 15.7. The molecule has 1 aliphatic heterocycles. The lowest BCUT2D eigenvalue weighted by Gasteiger charge is -2.23. The number of methoxy groups -OCH3 is 3. The number of nitrogens with one attached hydrogen (secondary N) is 1. The maximum absolute atomic E-state index is 13.9. The third-order valence-corrected chi connectivity index (χ3v) is 8.79. The van der Waals surface area contributed by atoms with Crippen molar-refractivity contribution in [2.24, 2.45) is 9.98 Å². The standard InChI is InChI=1S/C30H37N7O6S/c1-19-15-23(18-32-16-19)29-34-35-30(37(29)26-24(40-5)9-8-10-25(26)41-6)36-44(38,39)21(3)27(42-7)28(31-4)33-17-20(2)22-11-13-43-14-12-22/h8-11,15-18,21,27H,4,12-14H2,1-3,5-7H3,(H,35,36)/b20-17+,33-28?/t21-,27-/m0/s1. The molecule has 3 heterocycles. The number of aryl methyl sites for hydroxylation is 1. The van der Waals surface area contributed by atoms with E-state index < -0.39 is 21.4 Å². The van der Waals surface area contributed by atoms with E-state index >= 15 is 0 Å². The summed E-state index contributed by atoms with van der Waals surface area (Å²) in [6, 6.07) is 7.07. The number of ether oxygens (including phenoxy) is 4. The highest BCUT2D eigenvalue weighted by Gasteiger charge is 2.35. The van der Waals surface area contributed by atoms with E-state index in [2.05, 4.69) is 36.6 Å². The number of pyridine rings is 1. The van der Waals surface area contributed by atoms with Crippen molar-refractivity contribution < 1.29 is 27.4 Å². The first kappa shape index (κ1) is 32.5. The molecule has 0 spiro atoms. The monoisotopic (exact) mass is 623 g/mol. The van der Waals surface area contributed by atoms with E-state index in [1.54, 1.807) is 36.8 Å². The zero-order valence-electron chi connectivity index (χ0n) is 25.6. The molecule has 1 aromatic carbocycles. The first-order valence-electron chi connectivity index (χ1n) is 13.8. The van der Waals surface area contributed by atoms with E-state index in [4.69, 9.17) is 18.9 Å². The van der Waals surface area contributed by atoms with Gasteiger partial charge in [0.15, 0.2) is 11.7 Å². The highest BCUT2D eigenvalue weighted by molar-refractivity contribution is 7.93. The first-order valence-corrected chi connectivity index (χ1v) is 15.3. The predicted molar refractivity (Wildman–Crippen MR) is 169 cm³/mol. The van der Waals surface area contributed by atoms with E-state index in [0.29, 0.717) is 41.8 Å². The van der Waals surface area contributed by atoms with Crippen LogP contribution in [0.4, 0.5) is 5.95 Å². The van der Waals surface area contributed by atoms with Crippen LogP contribution >= 0.6 is 0 Å². The molecule has 14 heteroatoms. The van der Waals surface area contributed by atoms with Crippen molar-refractivity contribution in [3.05, 3.63) is 65.6 Å². The van der Waals surface area contributed by atoms with Gasteiger partial charge in [-0.3, -0.25) is 14.3 Å². The minimum atomic E-state index is -4.20. The second kappa shape index (κ2) is 14.4. The Hall–Kier alpha value is -4.40. The topological polar surface area (TPSA) is 151 Å². The fourth-order valence-electron chi connectivity index (χ4n) is 4.70. The summed E-state index contributed by atoms with van der Waals surface area (Å²) in [6.45, 7) is 10.1. The number of allylic oxidation sites excluding steroid dienone is 1. The molecule has 2 atom stereocenters. The van der Waals surface area contributed by atoms with Crippen LogP contribution in [0.25, 0.3) is 17.1 Å². The van der Waals surface area contributed by atoms with Crippen molar-refractivity contribution in [2.45, 2.75) is 38.5 Å². The van der Waals surface area contributed by atoms with Crippen LogP contribution in [-0.2, 0) is 19.5 Å². The lowest BCUT2D eigenvalue weighted by atomic mass is 10.0. The van der Waals surface area contributed by atoms with Gasteiger partial charge in [0.2, 0.25) is 16.0 Å². The minimum Gasteiger partial charge on any atom is -0.494 e. The third-order valence-electron chi connectivity index (χ3n) is 7.10. The Kier molecular flexibility index (Phi) is 10.6. The lowest BCUT2D eigenvalue weighted by molar-refractivity contribution is 0.153. The zero-order valence-corrected chi connectivity index (χ0v) is 26.5. The molecule has 4 rings (SSSR count). The Balaban J connectivity index is 1.76. The van der Waals surface area contributed by atoms with Gasteiger partial charge in [-0.05, 0) is 68.8 Å². The van der Waals surface area contributed by atoms with Gasteiger partial charge < -0.3 is 18.9 Å². The van der Waals surface area contributed by atoms with Gasteiger partial charge in [0.05, 0.1) is 27.4 Å². The number of hydrogen-bond donors (Lipinski definition) is 1. The Bertz CT molecular complexity index is 1670. The quantitative estimate of drug-likeness (QED) is 0.232. The molecule has 1 aliphatic rings. The number of aromatic nitrogens is 4. The number of benzene rings is 1. The fraction of sp³-hybridized carbons (Fsp3) is 0.367. The SMILES string of the molecule is C=NC(=N/C=C(\C)C1=CCOCC1)[C@@H](OC)[C@H](C)S(=O)(=O)Nc1nnc(-c2cncc(C)c2)n1-c1c(OC)cccc1OC. The molecular formula is C30H37N7O6S. The summed E-state index contributed by atoms with van der Waals surface area (Å²) < 4.78 is 54.1. The highest BCUT2D eigenvalue weighted by atomic mass is 32.2. The van der Waals surface area contributed by atoms with Gasteiger partial charge in [-0.1, -0.05) is 12.1 Å². The Morgan fingerprint density at radius 1 is 1.18 bits per heavy atom. The van der Waals surface area contributed by atoms with Crippen LogP contribution in [0.3, 0.4) is 0 Å². The fourth-order valence-corrected chi connectivity index (χ4v) is 5.83. The Morgan fingerprint density at radius 3 is 2.50 bits per heavy atom. The van der Waals surface area contributed by atoms with Gasteiger partial charge in [0, 0.05) is 31.3 Å². The summed E-state index contributed by atoms with van der Waals surface area (Å²) in [5.41, 5.74) is 3.89. The Labute approximate surface area is 257 Å².